The van der Waals surface area contributed by atoms with Crippen molar-refractivity contribution in [2.75, 3.05) is 13.6 Å². The Hall–Kier alpha value is -1.35. The van der Waals surface area contributed by atoms with Gasteiger partial charge in [0.2, 0.25) is 0 Å². The summed E-state index contributed by atoms with van der Waals surface area (Å²) in [7, 11) is 1.73. The molecule has 1 N–H and O–H groups in total. The first kappa shape index (κ1) is 15.7. The van der Waals surface area contributed by atoms with Crippen molar-refractivity contribution in [3.05, 3.63) is 34.4 Å². The number of carbonyl (C=O) groups is 1. The van der Waals surface area contributed by atoms with Crippen LogP contribution in [0.15, 0.2) is 12.1 Å². The van der Waals surface area contributed by atoms with Crippen LogP contribution < -0.4 is 0 Å². The van der Waals surface area contributed by atoms with E-state index in [1.165, 1.54) is 36.1 Å². The molecular weight excluding hydrogens is 238 g/mol. The Bertz CT molecular complexity index is 472. The number of hydrogen-bond donors (Lipinski definition) is 1. The summed E-state index contributed by atoms with van der Waals surface area (Å²) >= 11 is 0. The normalized spacial score (nSPS) is 11.5. The lowest BCUT2D eigenvalue weighted by Crippen LogP contribution is -2.43. The van der Waals surface area contributed by atoms with Crippen LogP contribution in [0.1, 0.15) is 36.1 Å². The molecule has 1 rings (SSSR count). The molecule has 0 fully saturated rings. The Balaban J connectivity index is 2.73. The first-order valence-electron chi connectivity index (χ1n) is 6.67. The molecule has 3 heteroatoms. The molecule has 1 aromatic rings. The van der Waals surface area contributed by atoms with Gasteiger partial charge in [-0.2, -0.15) is 0 Å². The van der Waals surface area contributed by atoms with Crippen molar-refractivity contribution in [2.45, 2.75) is 46.6 Å². The van der Waals surface area contributed by atoms with Crippen LogP contribution in [0.4, 0.5) is 0 Å². The first-order chi connectivity index (χ1) is 8.62. The van der Waals surface area contributed by atoms with Crippen LogP contribution in [-0.2, 0) is 11.2 Å². The quantitative estimate of drug-likeness (QED) is 0.906. The van der Waals surface area contributed by atoms with E-state index in [4.69, 9.17) is 0 Å². The zero-order chi connectivity index (χ0) is 14.8. The molecule has 0 aliphatic carbocycles. The van der Waals surface area contributed by atoms with E-state index in [0.29, 0.717) is 6.54 Å². The number of amides is 1. The summed E-state index contributed by atoms with van der Waals surface area (Å²) in [5, 5.41) is 9.70. The molecule has 0 spiro atoms. The van der Waals surface area contributed by atoms with E-state index in [-0.39, 0.29) is 5.91 Å². The maximum atomic E-state index is 11.9. The Labute approximate surface area is 116 Å². The molecule has 0 aliphatic rings. The predicted molar refractivity (Wildman–Crippen MR) is 78.3 cm³/mol. The van der Waals surface area contributed by atoms with Crippen LogP contribution in [0.25, 0.3) is 0 Å². The van der Waals surface area contributed by atoms with Crippen LogP contribution in [0.5, 0.6) is 0 Å². The van der Waals surface area contributed by atoms with Gasteiger partial charge in [-0.3, -0.25) is 4.79 Å². The number of benzene rings is 1. The number of aryl methyl sites for hydroxylation is 3. The van der Waals surface area contributed by atoms with Gasteiger partial charge in [-0.15, -0.1) is 0 Å². The average Bonchev–Trinajstić information content (AvgIpc) is 2.29. The molecule has 0 bridgehead atoms. The zero-order valence-electron chi connectivity index (χ0n) is 12.9. The Kier molecular flexibility index (Phi) is 4.75. The third kappa shape index (κ3) is 4.06. The van der Waals surface area contributed by atoms with Gasteiger partial charge in [0, 0.05) is 13.6 Å². The molecule has 19 heavy (non-hydrogen) atoms. The second-order valence-electron chi connectivity index (χ2n) is 5.90. The van der Waals surface area contributed by atoms with Gasteiger partial charge >= 0.3 is 0 Å². The van der Waals surface area contributed by atoms with Gasteiger partial charge in [-0.1, -0.05) is 12.1 Å². The van der Waals surface area contributed by atoms with Crippen LogP contribution in [-0.4, -0.2) is 35.1 Å². The van der Waals surface area contributed by atoms with E-state index in [1.807, 2.05) is 0 Å². The molecule has 0 saturated carbocycles. The first-order valence-corrected chi connectivity index (χ1v) is 6.67. The molecular formula is C16H25NO2. The molecule has 1 aromatic carbocycles. The van der Waals surface area contributed by atoms with Gasteiger partial charge in [0.05, 0.1) is 0 Å². The van der Waals surface area contributed by atoms with Crippen LogP contribution in [0.2, 0.25) is 0 Å². The van der Waals surface area contributed by atoms with Gasteiger partial charge in [0.25, 0.3) is 5.91 Å². The smallest absolute Gasteiger partial charge is 0.253 e. The Morgan fingerprint density at radius 2 is 1.68 bits per heavy atom. The van der Waals surface area contributed by atoms with Gasteiger partial charge in [0.15, 0.2) is 0 Å². The summed E-state index contributed by atoms with van der Waals surface area (Å²) in [4.78, 5) is 13.5. The molecule has 0 heterocycles. The summed E-state index contributed by atoms with van der Waals surface area (Å²) in [5.41, 5.74) is 3.79. The van der Waals surface area contributed by atoms with Crippen molar-refractivity contribution in [3.8, 4) is 0 Å². The number of nitrogens with zero attached hydrogens (tertiary/aromatic N) is 1. The minimum atomic E-state index is -1.30. The number of rotatable bonds is 4. The molecule has 0 saturated heterocycles. The van der Waals surface area contributed by atoms with E-state index >= 15 is 0 Å². The molecule has 0 aromatic heterocycles. The van der Waals surface area contributed by atoms with Crippen LogP contribution in [0.3, 0.4) is 0 Å². The predicted octanol–water partition coefficient (Wildman–Crippen LogP) is 2.38. The second-order valence-corrected chi connectivity index (χ2v) is 5.90. The fraction of sp³-hybridized carbons (Fsp3) is 0.562. The molecule has 0 unspecified atom stereocenters. The average molecular weight is 263 g/mol. The van der Waals surface area contributed by atoms with Crippen molar-refractivity contribution in [3.63, 3.8) is 0 Å². The molecule has 1 amide bonds. The summed E-state index contributed by atoms with van der Waals surface area (Å²) in [6.07, 6.45) is 0.811. The summed E-state index contributed by atoms with van der Waals surface area (Å²) in [6.45, 7) is 9.96. The van der Waals surface area contributed by atoms with E-state index in [2.05, 4.69) is 32.9 Å². The lowest BCUT2D eigenvalue weighted by molar-refractivity contribution is -0.146. The number of aliphatic hydroxyl groups is 1. The summed E-state index contributed by atoms with van der Waals surface area (Å²) in [6, 6.07) is 4.37. The molecule has 3 nitrogen and oxygen atoms in total. The number of carbonyl (C=O) groups excluding carboxylic acids is 1. The number of hydrogen-bond acceptors (Lipinski definition) is 2. The van der Waals surface area contributed by atoms with Gasteiger partial charge in [0.1, 0.15) is 5.60 Å². The third-order valence-corrected chi connectivity index (χ3v) is 3.54. The van der Waals surface area contributed by atoms with E-state index < -0.39 is 5.60 Å². The fourth-order valence-corrected chi connectivity index (χ4v) is 2.15. The summed E-state index contributed by atoms with van der Waals surface area (Å²) < 4.78 is 0. The Morgan fingerprint density at radius 3 is 2.21 bits per heavy atom. The third-order valence-electron chi connectivity index (χ3n) is 3.54. The monoisotopic (exact) mass is 263 g/mol. The molecule has 0 aliphatic heterocycles. The van der Waals surface area contributed by atoms with Crippen molar-refractivity contribution in [1.29, 1.82) is 0 Å². The minimum Gasteiger partial charge on any atom is -0.381 e. The van der Waals surface area contributed by atoms with E-state index in [0.717, 1.165) is 6.42 Å². The highest BCUT2D eigenvalue weighted by atomic mass is 16.3. The summed E-state index contributed by atoms with van der Waals surface area (Å²) in [5.74, 6) is -0.242. The lowest BCUT2D eigenvalue weighted by atomic mass is 9.98. The minimum absolute atomic E-state index is 0.242. The van der Waals surface area contributed by atoms with Crippen LogP contribution in [0, 0.1) is 20.8 Å². The van der Waals surface area contributed by atoms with Gasteiger partial charge in [-0.25, -0.2) is 0 Å². The van der Waals surface area contributed by atoms with Crippen LogP contribution >= 0.6 is 0 Å². The largest absolute Gasteiger partial charge is 0.381 e. The maximum Gasteiger partial charge on any atom is 0.253 e. The molecule has 0 atom stereocenters. The van der Waals surface area contributed by atoms with Crippen molar-refractivity contribution < 1.29 is 9.90 Å². The fourth-order valence-electron chi connectivity index (χ4n) is 2.15. The van der Waals surface area contributed by atoms with E-state index in [1.54, 1.807) is 11.9 Å². The standard InChI is InChI=1S/C16H25NO2/c1-11-9-13(3)14(10-12(11)2)7-8-17(6)15(18)16(4,5)19/h9-10,19H,7-8H2,1-6H3. The highest BCUT2D eigenvalue weighted by Gasteiger charge is 2.26. The second kappa shape index (κ2) is 5.74. The van der Waals surface area contributed by atoms with Gasteiger partial charge in [-0.05, 0) is 63.3 Å². The zero-order valence-corrected chi connectivity index (χ0v) is 12.9. The van der Waals surface area contributed by atoms with Gasteiger partial charge < -0.3 is 10.0 Å². The maximum absolute atomic E-state index is 11.9. The van der Waals surface area contributed by atoms with Crippen molar-refractivity contribution in [1.82, 2.24) is 4.90 Å². The lowest BCUT2D eigenvalue weighted by Gasteiger charge is -2.25. The molecule has 106 valence electrons. The van der Waals surface area contributed by atoms with Crippen molar-refractivity contribution in [2.24, 2.45) is 0 Å². The van der Waals surface area contributed by atoms with E-state index in [9.17, 15) is 9.90 Å². The van der Waals surface area contributed by atoms with Crippen molar-refractivity contribution >= 4 is 5.91 Å². The molecule has 0 radical (unpaired) electrons. The Morgan fingerprint density at radius 1 is 1.16 bits per heavy atom. The highest BCUT2D eigenvalue weighted by Crippen LogP contribution is 2.16. The topological polar surface area (TPSA) is 40.5 Å². The number of likely N-dealkylation sites (N-methyl/N-ethyl adjacent to an activating group) is 1. The highest BCUT2D eigenvalue weighted by molar-refractivity contribution is 5.83. The SMILES string of the molecule is Cc1cc(C)c(CCN(C)C(=O)C(C)(C)O)cc1C.